The predicted octanol–water partition coefficient (Wildman–Crippen LogP) is 3.58. The summed E-state index contributed by atoms with van der Waals surface area (Å²) in [5, 5.41) is 0. The zero-order valence-corrected chi connectivity index (χ0v) is 12.9. The quantitative estimate of drug-likeness (QED) is 0.777. The Bertz CT molecular complexity index is 598. The van der Waals surface area contributed by atoms with Crippen LogP contribution in [-0.2, 0) is 0 Å². The van der Waals surface area contributed by atoms with Crippen molar-refractivity contribution in [3.63, 3.8) is 0 Å². The number of rotatable bonds is 3. The van der Waals surface area contributed by atoms with E-state index >= 15 is 0 Å². The van der Waals surface area contributed by atoms with Crippen LogP contribution in [0.5, 0.6) is 5.75 Å². The second-order valence-corrected chi connectivity index (χ2v) is 5.18. The highest BCUT2D eigenvalue weighted by Gasteiger charge is 2.18. The summed E-state index contributed by atoms with van der Waals surface area (Å²) in [7, 11) is 3.35. The first kappa shape index (κ1) is 13.9. The highest BCUT2D eigenvalue weighted by molar-refractivity contribution is 14.1. The molecule has 0 aromatic heterocycles. The molecule has 0 spiro atoms. The molecule has 4 heteroatoms. The smallest absolute Gasteiger partial charge is 0.259 e. The van der Waals surface area contributed by atoms with Gasteiger partial charge in [-0.15, -0.1) is 0 Å². The topological polar surface area (TPSA) is 29.5 Å². The molecule has 0 radical (unpaired) electrons. The van der Waals surface area contributed by atoms with Crippen LogP contribution in [0.1, 0.15) is 10.4 Å². The lowest BCUT2D eigenvalue weighted by molar-refractivity contribution is 0.0991. The summed E-state index contributed by atoms with van der Waals surface area (Å²) in [4.78, 5) is 14.1. The SMILES string of the molecule is COc1ccccc1N(C)C(=O)c1ccccc1I. The zero-order valence-electron chi connectivity index (χ0n) is 10.8. The highest BCUT2D eigenvalue weighted by Crippen LogP contribution is 2.28. The van der Waals surface area contributed by atoms with Crippen molar-refractivity contribution in [3.8, 4) is 5.75 Å². The van der Waals surface area contributed by atoms with Gasteiger partial charge < -0.3 is 9.64 Å². The average Bonchev–Trinajstić information content (AvgIpc) is 2.46. The number of benzene rings is 2. The number of amides is 1. The van der Waals surface area contributed by atoms with Crippen LogP contribution in [-0.4, -0.2) is 20.1 Å². The average molecular weight is 367 g/mol. The van der Waals surface area contributed by atoms with E-state index in [4.69, 9.17) is 4.74 Å². The van der Waals surface area contributed by atoms with E-state index in [1.165, 1.54) is 0 Å². The van der Waals surface area contributed by atoms with Crippen molar-refractivity contribution < 1.29 is 9.53 Å². The van der Waals surface area contributed by atoms with Gasteiger partial charge in [0, 0.05) is 10.6 Å². The fourth-order valence-corrected chi connectivity index (χ4v) is 2.45. The van der Waals surface area contributed by atoms with Gasteiger partial charge in [-0.2, -0.15) is 0 Å². The van der Waals surface area contributed by atoms with Gasteiger partial charge >= 0.3 is 0 Å². The van der Waals surface area contributed by atoms with Gasteiger partial charge in [0.15, 0.2) is 0 Å². The monoisotopic (exact) mass is 367 g/mol. The molecular weight excluding hydrogens is 353 g/mol. The van der Waals surface area contributed by atoms with Gasteiger partial charge in [-0.3, -0.25) is 4.79 Å². The third-order valence-electron chi connectivity index (χ3n) is 2.86. The maximum atomic E-state index is 12.5. The summed E-state index contributed by atoms with van der Waals surface area (Å²) in [5.74, 6) is 0.638. The maximum Gasteiger partial charge on any atom is 0.259 e. The summed E-state index contributed by atoms with van der Waals surface area (Å²) in [5.41, 5.74) is 1.45. The number of nitrogens with zero attached hydrogens (tertiary/aromatic N) is 1. The molecule has 19 heavy (non-hydrogen) atoms. The molecule has 0 aliphatic rings. The van der Waals surface area contributed by atoms with Crippen molar-refractivity contribution in [3.05, 3.63) is 57.7 Å². The van der Waals surface area contributed by atoms with Gasteiger partial charge in [-0.25, -0.2) is 0 Å². The number of halogens is 1. The van der Waals surface area contributed by atoms with Gasteiger partial charge in [0.05, 0.1) is 18.4 Å². The molecule has 0 aliphatic heterocycles. The number of hydrogen-bond acceptors (Lipinski definition) is 2. The third kappa shape index (κ3) is 2.89. The van der Waals surface area contributed by atoms with Gasteiger partial charge in [0.1, 0.15) is 5.75 Å². The number of anilines is 1. The molecule has 0 heterocycles. The van der Waals surface area contributed by atoms with Crippen LogP contribution in [0.2, 0.25) is 0 Å². The largest absolute Gasteiger partial charge is 0.495 e. The van der Waals surface area contributed by atoms with Gasteiger partial charge in [0.25, 0.3) is 5.91 Å². The summed E-state index contributed by atoms with van der Waals surface area (Å²) in [6.45, 7) is 0. The summed E-state index contributed by atoms with van der Waals surface area (Å²) < 4.78 is 6.22. The number of methoxy groups -OCH3 is 1. The molecule has 98 valence electrons. The van der Waals surface area contributed by atoms with Crippen molar-refractivity contribution in [1.29, 1.82) is 0 Å². The van der Waals surface area contributed by atoms with Gasteiger partial charge in [-0.1, -0.05) is 24.3 Å². The minimum atomic E-state index is -0.0468. The fourth-order valence-electron chi connectivity index (χ4n) is 1.83. The molecule has 2 rings (SSSR count). The molecule has 0 atom stereocenters. The number of carbonyl (C=O) groups is 1. The van der Waals surface area contributed by atoms with E-state index in [9.17, 15) is 4.79 Å². The second-order valence-electron chi connectivity index (χ2n) is 4.02. The number of hydrogen-bond donors (Lipinski definition) is 0. The zero-order chi connectivity index (χ0) is 13.8. The van der Waals surface area contributed by atoms with Crippen LogP contribution in [0.15, 0.2) is 48.5 Å². The molecule has 0 aliphatic carbocycles. The molecule has 0 fully saturated rings. The lowest BCUT2D eigenvalue weighted by Crippen LogP contribution is -2.27. The molecule has 0 unspecified atom stereocenters. The Morgan fingerprint density at radius 1 is 1.11 bits per heavy atom. The first-order valence-corrected chi connectivity index (χ1v) is 6.88. The third-order valence-corrected chi connectivity index (χ3v) is 3.80. The van der Waals surface area contributed by atoms with Crippen molar-refractivity contribution in [2.24, 2.45) is 0 Å². The minimum Gasteiger partial charge on any atom is -0.495 e. The van der Waals surface area contributed by atoms with E-state index in [1.807, 2.05) is 48.5 Å². The summed E-state index contributed by atoms with van der Waals surface area (Å²) in [6.07, 6.45) is 0. The Balaban J connectivity index is 2.37. The van der Waals surface area contributed by atoms with Crippen molar-refractivity contribution in [2.45, 2.75) is 0 Å². The van der Waals surface area contributed by atoms with E-state index in [0.717, 1.165) is 9.26 Å². The van der Waals surface area contributed by atoms with Crippen molar-refractivity contribution in [1.82, 2.24) is 0 Å². The lowest BCUT2D eigenvalue weighted by atomic mass is 10.2. The predicted molar refractivity (Wildman–Crippen MR) is 84.9 cm³/mol. The Hall–Kier alpha value is -1.56. The molecule has 0 bridgehead atoms. The van der Waals surface area contributed by atoms with Gasteiger partial charge in [-0.05, 0) is 46.9 Å². The number of para-hydroxylation sites is 2. The van der Waals surface area contributed by atoms with Crippen LogP contribution in [0.4, 0.5) is 5.69 Å². The number of ether oxygens (including phenoxy) is 1. The van der Waals surface area contributed by atoms with Crippen LogP contribution in [0.3, 0.4) is 0 Å². The Labute approximate surface area is 126 Å². The molecule has 0 N–H and O–H groups in total. The van der Waals surface area contributed by atoms with Crippen molar-refractivity contribution in [2.75, 3.05) is 19.1 Å². The summed E-state index contributed by atoms with van der Waals surface area (Å²) in [6, 6.07) is 15.0. The second kappa shape index (κ2) is 6.06. The number of carbonyl (C=O) groups excluding carboxylic acids is 1. The lowest BCUT2D eigenvalue weighted by Gasteiger charge is -2.20. The van der Waals surface area contributed by atoms with E-state index < -0.39 is 0 Å². The van der Waals surface area contributed by atoms with Crippen LogP contribution in [0, 0.1) is 3.57 Å². The maximum absolute atomic E-state index is 12.5. The molecular formula is C15H14INO2. The molecule has 3 nitrogen and oxygen atoms in total. The molecule has 0 saturated heterocycles. The first-order valence-electron chi connectivity index (χ1n) is 5.80. The van der Waals surface area contributed by atoms with Crippen LogP contribution >= 0.6 is 22.6 Å². The van der Waals surface area contributed by atoms with E-state index in [1.54, 1.807) is 19.1 Å². The minimum absolute atomic E-state index is 0.0468. The van der Waals surface area contributed by atoms with E-state index in [-0.39, 0.29) is 5.91 Å². The Morgan fingerprint density at radius 2 is 1.74 bits per heavy atom. The standard InChI is InChI=1S/C15H14INO2/c1-17(13-9-5-6-10-14(13)19-2)15(18)11-7-3-4-8-12(11)16/h3-10H,1-2H3. The Kier molecular flexibility index (Phi) is 4.42. The highest BCUT2D eigenvalue weighted by atomic mass is 127. The molecule has 0 saturated carbocycles. The first-order chi connectivity index (χ1) is 9.15. The van der Waals surface area contributed by atoms with E-state index in [2.05, 4.69) is 22.6 Å². The summed E-state index contributed by atoms with van der Waals surface area (Å²) >= 11 is 2.17. The normalized spacial score (nSPS) is 10.1. The molecule has 1 amide bonds. The van der Waals surface area contributed by atoms with Crippen LogP contribution < -0.4 is 9.64 Å². The molecule has 2 aromatic rings. The van der Waals surface area contributed by atoms with Crippen LogP contribution in [0.25, 0.3) is 0 Å². The van der Waals surface area contributed by atoms with E-state index in [0.29, 0.717) is 11.3 Å². The molecule has 2 aromatic carbocycles. The Morgan fingerprint density at radius 3 is 2.42 bits per heavy atom. The van der Waals surface area contributed by atoms with Crippen molar-refractivity contribution >= 4 is 34.2 Å². The van der Waals surface area contributed by atoms with Gasteiger partial charge in [0.2, 0.25) is 0 Å². The fraction of sp³-hybridized carbons (Fsp3) is 0.133.